The van der Waals surface area contributed by atoms with Crippen molar-refractivity contribution in [3.05, 3.63) is 65.3 Å². The summed E-state index contributed by atoms with van der Waals surface area (Å²) in [6, 6.07) is 9.09. The van der Waals surface area contributed by atoms with E-state index in [0.717, 1.165) is 39.4 Å². The number of aromatic nitrogens is 6. The molecule has 3 aromatic heterocycles. The van der Waals surface area contributed by atoms with E-state index in [4.69, 9.17) is 15.5 Å². The van der Waals surface area contributed by atoms with Gasteiger partial charge in [-0.3, -0.25) is 4.68 Å². The van der Waals surface area contributed by atoms with Gasteiger partial charge in [-0.15, -0.1) is 16.4 Å². The van der Waals surface area contributed by atoms with Crippen LogP contribution in [0.1, 0.15) is 18.7 Å². The van der Waals surface area contributed by atoms with Crippen molar-refractivity contribution in [2.24, 2.45) is 0 Å². The highest BCUT2D eigenvalue weighted by Crippen LogP contribution is 2.42. The van der Waals surface area contributed by atoms with Crippen LogP contribution in [0.5, 0.6) is 5.75 Å². The Morgan fingerprint density at radius 2 is 1.97 bits per heavy atom. The summed E-state index contributed by atoms with van der Waals surface area (Å²) in [5.74, 6) is -0.579. The van der Waals surface area contributed by atoms with Gasteiger partial charge in [-0.2, -0.15) is 10.1 Å². The molecule has 0 unspecified atom stereocenters. The minimum atomic E-state index is -0.879. The molecule has 2 aromatic carbocycles. The smallest absolute Gasteiger partial charge is 0.240 e. The Hall–Kier alpha value is -4.16. The molecular formula is C26H23F2N7O2S. The van der Waals surface area contributed by atoms with Gasteiger partial charge in [-0.05, 0) is 43.7 Å². The number of ether oxygens (including phenoxy) is 1. The van der Waals surface area contributed by atoms with Crippen LogP contribution in [0.4, 0.5) is 14.7 Å². The largest absolute Gasteiger partial charge is 0.492 e. The monoisotopic (exact) mass is 535 g/mol. The Balaban J connectivity index is 1.38. The molecule has 0 fully saturated rings. The molecule has 38 heavy (non-hydrogen) atoms. The van der Waals surface area contributed by atoms with Crippen LogP contribution in [-0.4, -0.2) is 46.8 Å². The second-order valence-corrected chi connectivity index (χ2v) is 10.7. The second-order valence-electron chi connectivity index (χ2n) is 9.64. The van der Waals surface area contributed by atoms with Crippen LogP contribution in [0.2, 0.25) is 0 Å². The number of hydrogen-bond acceptors (Lipinski definition) is 8. The molecule has 194 valence electrons. The predicted molar refractivity (Wildman–Crippen MR) is 139 cm³/mol. The Labute approximate surface area is 220 Å². The van der Waals surface area contributed by atoms with E-state index in [0.29, 0.717) is 30.3 Å². The molecule has 0 radical (unpaired) electrons. The molecular weight excluding hydrogens is 512 g/mol. The highest BCUT2D eigenvalue weighted by atomic mass is 32.1. The van der Waals surface area contributed by atoms with E-state index in [-0.39, 0.29) is 17.5 Å². The maximum atomic E-state index is 14.6. The number of thiazole rings is 1. The van der Waals surface area contributed by atoms with Crippen molar-refractivity contribution >= 4 is 17.3 Å². The maximum absolute atomic E-state index is 14.6. The number of nitrogen functional groups attached to an aromatic ring is 1. The zero-order valence-corrected chi connectivity index (χ0v) is 21.3. The summed E-state index contributed by atoms with van der Waals surface area (Å²) in [5.41, 5.74) is 8.39. The molecule has 0 saturated carbocycles. The van der Waals surface area contributed by atoms with Crippen molar-refractivity contribution in [2.45, 2.75) is 32.4 Å². The van der Waals surface area contributed by atoms with Gasteiger partial charge in [0.25, 0.3) is 0 Å². The molecule has 0 bridgehead atoms. The van der Waals surface area contributed by atoms with Gasteiger partial charge >= 0.3 is 0 Å². The number of nitrogens with two attached hydrogens (primary N) is 1. The van der Waals surface area contributed by atoms with Crippen LogP contribution >= 0.6 is 11.3 Å². The molecule has 0 aliphatic carbocycles. The molecule has 12 heteroatoms. The Kier molecular flexibility index (Phi) is 5.73. The van der Waals surface area contributed by atoms with E-state index in [9.17, 15) is 13.9 Å². The lowest BCUT2D eigenvalue weighted by Gasteiger charge is -2.16. The van der Waals surface area contributed by atoms with Crippen LogP contribution in [0.25, 0.3) is 38.9 Å². The lowest BCUT2D eigenvalue weighted by molar-refractivity contribution is 0.0577. The SMILES string of the molecule is CC(C)(O)Cn1cc(-c2ccc3c(c2)OCCc2sc(-c4nc(N)nn4-c4ccc(F)cc4F)nc2-3)cn1. The number of rotatable bonds is 5. The van der Waals surface area contributed by atoms with E-state index in [1.807, 2.05) is 24.4 Å². The lowest BCUT2D eigenvalue weighted by atomic mass is 10.0. The normalized spacial score (nSPS) is 13.1. The van der Waals surface area contributed by atoms with Crippen molar-refractivity contribution in [1.82, 2.24) is 29.5 Å². The second kappa shape index (κ2) is 8.99. The maximum Gasteiger partial charge on any atom is 0.240 e. The molecule has 6 rings (SSSR count). The molecule has 3 N–H and O–H groups in total. The van der Waals surface area contributed by atoms with Crippen LogP contribution in [0, 0.1) is 11.6 Å². The van der Waals surface area contributed by atoms with Gasteiger partial charge in [0.1, 0.15) is 17.3 Å². The van der Waals surface area contributed by atoms with Crippen molar-refractivity contribution in [2.75, 3.05) is 12.3 Å². The number of nitrogens with zero attached hydrogens (tertiary/aromatic N) is 6. The van der Waals surface area contributed by atoms with Gasteiger partial charge in [0.15, 0.2) is 16.6 Å². The summed E-state index contributed by atoms with van der Waals surface area (Å²) in [6.07, 6.45) is 4.26. The third-order valence-corrected chi connectivity index (χ3v) is 7.10. The summed E-state index contributed by atoms with van der Waals surface area (Å²) in [4.78, 5) is 10.1. The van der Waals surface area contributed by atoms with Crippen LogP contribution in [0.3, 0.4) is 0 Å². The van der Waals surface area contributed by atoms with Crippen molar-refractivity contribution in [3.8, 4) is 44.7 Å². The van der Waals surface area contributed by atoms with Gasteiger partial charge in [0.05, 0.1) is 30.6 Å². The van der Waals surface area contributed by atoms with E-state index < -0.39 is 17.2 Å². The van der Waals surface area contributed by atoms with Gasteiger partial charge in [0, 0.05) is 34.7 Å². The Morgan fingerprint density at radius 3 is 2.76 bits per heavy atom. The average Bonchev–Trinajstić information content (AvgIpc) is 3.54. The molecule has 9 nitrogen and oxygen atoms in total. The first kappa shape index (κ1) is 24.2. The van der Waals surface area contributed by atoms with Crippen LogP contribution < -0.4 is 10.5 Å². The third-order valence-electron chi connectivity index (χ3n) is 5.99. The summed E-state index contributed by atoms with van der Waals surface area (Å²) >= 11 is 1.40. The number of benzene rings is 2. The summed E-state index contributed by atoms with van der Waals surface area (Å²) < 4.78 is 37.1. The summed E-state index contributed by atoms with van der Waals surface area (Å²) in [6.45, 7) is 4.29. The molecule has 0 spiro atoms. The van der Waals surface area contributed by atoms with E-state index in [2.05, 4.69) is 15.2 Å². The minimum absolute atomic E-state index is 0.0227. The highest BCUT2D eigenvalue weighted by Gasteiger charge is 2.25. The Morgan fingerprint density at radius 1 is 1.13 bits per heavy atom. The first-order chi connectivity index (χ1) is 18.1. The van der Waals surface area contributed by atoms with Crippen molar-refractivity contribution < 1.29 is 18.6 Å². The minimum Gasteiger partial charge on any atom is -0.492 e. The number of hydrogen-bond donors (Lipinski definition) is 2. The number of halogens is 2. The first-order valence-corrected chi connectivity index (χ1v) is 12.7. The van der Waals surface area contributed by atoms with Gasteiger partial charge in [-0.25, -0.2) is 18.4 Å². The molecule has 1 aliphatic rings. The fourth-order valence-electron chi connectivity index (χ4n) is 4.38. The Bertz CT molecular complexity index is 1670. The van der Waals surface area contributed by atoms with Gasteiger partial charge in [0.2, 0.25) is 5.95 Å². The summed E-state index contributed by atoms with van der Waals surface area (Å²) in [5, 5.41) is 19.1. The van der Waals surface area contributed by atoms with Crippen LogP contribution in [0.15, 0.2) is 48.8 Å². The predicted octanol–water partition coefficient (Wildman–Crippen LogP) is 4.49. The molecule has 4 heterocycles. The summed E-state index contributed by atoms with van der Waals surface area (Å²) in [7, 11) is 0. The van der Waals surface area contributed by atoms with Gasteiger partial charge < -0.3 is 15.6 Å². The fraction of sp³-hybridized carbons (Fsp3) is 0.231. The van der Waals surface area contributed by atoms with Gasteiger partial charge in [-0.1, -0.05) is 6.07 Å². The zero-order chi connectivity index (χ0) is 26.6. The van der Waals surface area contributed by atoms with Crippen LogP contribution in [-0.2, 0) is 13.0 Å². The highest BCUT2D eigenvalue weighted by molar-refractivity contribution is 7.15. The molecule has 5 aromatic rings. The number of fused-ring (bicyclic) bond motifs is 3. The standard InChI is InChI=1S/C26H23F2N7O2S/c1-26(2,36)13-34-12-15(11-30-34)14-3-5-17-20(9-14)37-8-7-21-22(17)31-24(38-21)23-32-25(29)33-35(23)19-6-4-16(27)10-18(19)28/h3-6,9-12,36H,7-8,13H2,1-2H3,(H2,29,33). The molecule has 0 atom stereocenters. The number of aliphatic hydroxyl groups is 1. The molecule has 0 saturated heterocycles. The quantitative estimate of drug-likeness (QED) is 0.341. The van der Waals surface area contributed by atoms with Crippen molar-refractivity contribution in [3.63, 3.8) is 0 Å². The lowest BCUT2D eigenvalue weighted by Crippen LogP contribution is -2.26. The zero-order valence-electron chi connectivity index (χ0n) is 20.5. The molecule has 1 aliphatic heterocycles. The molecule has 0 amide bonds. The fourth-order valence-corrected chi connectivity index (χ4v) is 5.41. The average molecular weight is 536 g/mol. The van der Waals surface area contributed by atoms with Crippen molar-refractivity contribution in [1.29, 1.82) is 0 Å². The number of anilines is 1. The first-order valence-electron chi connectivity index (χ1n) is 11.8. The van der Waals surface area contributed by atoms with E-state index in [1.165, 1.54) is 22.1 Å². The van der Waals surface area contributed by atoms with E-state index in [1.54, 1.807) is 24.7 Å². The van der Waals surface area contributed by atoms with E-state index >= 15 is 0 Å². The third kappa shape index (κ3) is 4.52. The topological polar surface area (TPSA) is 117 Å².